The second kappa shape index (κ2) is 6.31. The summed E-state index contributed by atoms with van der Waals surface area (Å²) in [5.74, 6) is 2.58. The number of carbonyl (C=O) groups excluding carboxylic acids is 1. The van der Waals surface area contributed by atoms with Gasteiger partial charge < -0.3 is 9.47 Å². The Morgan fingerprint density at radius 2 is 2.12 bits per heavy atom. The normalized spacial score (nSPS) is 24.3. The zero-order valence-electron chi connectivity index (χ0n) is 14.3. The van der Waals surface area contributed by atoms with Crippen molar-refractivity contribution in [3.8, 4) is 0 Å². The summed E-state index contributed by atoms with van der Waals surface area (Å²) >= 11 is 1.84. The number of aromatic nitrogens is 3. The number of thiophene rings is 1. The van der Waals surface area contributed by atoms with Crippen molar-refractivity contribution in [2.24, 2.45) is 5.92 Å². The molecule has 3 heterocycles. The number of carbonyl (C=O) groups is 1. The molecule has 1 aliphatic heterocycles. The standard InChI is InChI=1S/C18H24N4OS/c1-3-21-11-19-20-17(21)13-6-8-22(9-7-13)18(23)15-10-14(15)16-5-4-12(2)24-16/h4-5,11,13-15H,3,6-10H2,1-2H3. The number of aryl methyl sites for hydroxylation is 2. The average Bonchev–Trinajstić information content (AvgIpc) is 3.04. The van der Waals surface area contributed by atoms with E-state index in [9.17, 15) is 4.79 Å². The lowest BCUT2D eigenvalue weighted by molar-refractivity contribution is -0.133. The first kappa shape index (κ1) is 15.8. The lowest BCUT2D eigenvalue weighted by Crippen LogP contribution is -2.39. The van der Waals surface area contributed by atoms with Crippen molar-refractivity contribution >= 4 is 17.2 Å². The molecule has 2 aromatic heterocycles. The highest BCUT2D eigenvalue weighted by Gasteiger charge is 2.46. The summed E-state index contributed by atoms with van der Waals surface area (Å²) in [6, 6.07) is 4.36. The van der Waals surface area contributed by atoms with E-state index in [0.717, 1.165) is 44.7 Å². The van der Waals surface area contributed by atoms with Crippen molar-refractivity contribution in [3.05, 3.63) is 34.0 Å². The van der Waals surface area contributed by atoms with Gasteiger partial charge in [0.05, 0.1) is 0 Å². The Morgan fingerprint density at radius 1 is 1.33 bits per heavy atom. The summed E-state index contributed by atoms with van der Waals surface area (Å²) < 4.78 is 2.12. The van der Waals surface area contributed by atoms with Gasteiger partial charge in [-0.15, -0.1) is 21.5 Å². The minimum atomic E-state index is 0.221. The quantitative estimate of drug-likeness (QED) is 0.856. The number of nitrogens with zero attached hydrogens (tertiary/aromatic N) is 4. The number of hydrogen-bond acceptors (Lipinski definition) is 4. The topological polar surface area (TPSA) is 51.0 Å². The maximum Gasteiger partial charge on any atom is 0.226 e. The van der Waals surface area contributed by atoms with Crippen molar-refractivity contribution < 1.29 is 4.79 Å². The molecule has 2 unspecified atom stereocenters. The molecule has 1 saturated heterocycles. The van der Waals surface area contributed by atoms with E-state index in [1.54, 1.807) is 0 Å². The molecule has 6 heteroatoms. The molecule has 2 aromatic rings. The van der Waals surface area contributed by atoms with Crippen LogP contribution in [-0.2, 0) is 11.3 Å². The average molecular weight is 344 g/mol. The molecule has 0 bridgehead atoms. The van der Waals surface area contributed by atoms with E-state index in [1.165, 1.54) is 9.75 Å². The van der Waals surface area contributed by atoms with E-state index in [-0.39, 0.29) is 5.92 Å². The van der Waals surface area contributed by atoms with Gasteiger partial charge in [-0.25, -0.2) is 0 Å². The summed E-state index contributed by atoms with van der Waals surface area (Å²) in [7, 11) is 0. The zero-order valence-corrected chi connectivity index (χ0v) is 15.1. The zero-order chi connectivity index (χ0) is 16.7. The Hall–Kier alpha value is -1.69. The second-order valence-electron chi connectivity index (χ2n) is 6.97. The molecular formula is C18H24N4OS. The van der Waals surface area contributed by atoms with Gasteiger partial charge in [-0.2, -0.15) is 0 Å². The van der Waals surface area contributed by atoms with Gasteiger partial charge in [0.25, 0.3) is 0 Å². The first-order valence-electron chi connectivity index (χ1n) is 8.90. The molecule has 2 aliphatic rings. The second-order valence-corrected chi connectivity index (χ2v) is 8.29. The van der Waals surface area contributed by atoms with Crippen molar-refractivity contribution in [2.45, 2.75) is 51.5 Å². The molecule has 0 spiro atoms. The number of amides is 1. The van der Waals surface area contributed by atoms with Gasteiger partial charge in [-0.1, -0.05) is 0 Å². The van der Waals surface area contributed by atoms with Gasteiger partial charge in [0.2, 0.25) is 5.91 Å². The Bertz CT molecular complexity index is 729. The molecular weight excluding hydrogens is 320 g/mol. The van der Waals surface area contributed by atoms with Crippen LogP contribution in [0, 0.1) is 12.8 Å². The summed E-state index contributed by atoms with van der Waals surface area (Å²) in [5.41, 5.74) is 0. The molecule has 128 valence electrons. The van der Waals surface area contributed by atoms with Crippen molar-refractivity contribution in [1.29, 1.82) is 0 Å². The van der Waals surface area contributed by atoms with Crippen LogP contribution in [0.5, 0.6) is 0 Å². The number of hydrogen-bond donors (Lipinski definition) is 0. The fraction of sp³-hybridized carbons (Fsp3) is 0.611. The summed E-state index contributed by atoms with van der Waals surface area (Å²) in [4.78, 5) is 17.6. The monoisotopic (exact) mass is 344 g/mol. The Balaban J connectivity index is 1.34. The number of likely N-dealkylation sites (tertiary alicyclic amines) is 1. The van der Waals surface area contributed by atoms with Crippen molar-refractivity contribution in [2.75, 3.05) is 13.1 Å². The maximum atomic E-state index is 12.8. The molecule has 24 heavy (non-hydrogen) atoms. The van der Waals surface area contributed by atoms with E-state index in [0.29, 0.717) is 17.7 Å². The Morgan fingerprint density at radius 3 is 2.79 bits per heavy atom. The minimum Gasteiger partial charge on any atom is -0.342 e. The van der Waals surface area contributed by atoms with Gasteiger partial charge in [-0.05, 0) is 45.2 Å². The van der Waals surface area contributed by atoms with Crippen LogP contribution in [0.1, 0.15) is 53.6 Å². The fourth-order valence-corrected chi connectivity index (χ4v) is 4.91. The van der Waals surface area contributed by atoms with Crippen LogP contribution in [0.15, 0.2) is 18.5 Å². The molecule has 2 fully saturated rings. The molecule has 1 saturated carbocycles. The molecule has 0 aromatic carbocycles. The van der Waals surface area contributed by atoms with E-state index in [4.69, 9.17) is 0 Å². The first-order chi connectivity index (χ1) is 11.7. The SMILES string of the molecule is CCn1cnnc1C1CCN(C(=O)C2CC2c2ccc(C)s2)CC1. The Kier molecular flexibility index (Phi) is 4.16. The van der Waals surface area contributed by atoms with Crippen LogP contribution >= 0.6 is 11.3 Å². The van der Waals surface area contributed by atoms with Crippen molar-refractivity contribution in [3.63, 3.8) is 0 Å². The van der Waals surface area contributed by atoms with Gasteiger partial charge in [0.15, 0.2) is 0 Å². The number of rotatable bonds is 4. The van der Waals surface area contributed by atoms with Gasteiger partial charge in [-0.3, -0.25) is 4.79 Å². The molecule has 0 radical (unpaired) electrons. The van der Waals surface area contributed by atoms with E-state index in [2.05, 4.69) is 45.6 Å². The molecule has 1 amide bonds. The highest BCUT2D eigenvalue weighted by molar-refractivity contribution is 7.12. The van der Waals surface area contributed by atoms with E-state index >= 15 is 0 Å². The largest absolute Gasteiger partial charge is 0.342 e. The highest BCUT2D eigenvalue weighted by atomic mass is 32.1. The third-order valence-corrected chi connectivity index (χ3v) is 6.52. The Labute approximate surface area is 146 Å². The van der Waals surface area contributed by atoms with Gasteiger partial charge in [0.1, 0.15) is 12.2 Å². The first-order valence-corrected chi connectivity index (χ1v) is 9.71. The van der Waals surface area contributed by atoms with Crippen LogP contribution in [-0.4, -0.2) is 38.7 Å². The van der Waals surface area contributed by atoms with Crippen LogP contribution in [0.2, 0.25) is 0 Å². The smallest absolute Gasteiger partial charge is 0.226 e. The molecule has 5 nitrogen and oxygen atoms in total. The predicted octanol–water partition coefficient (Wildman–Crippen LogP) is 3.18. The van der Waals surface area contributed by atoms with Crippen molar-refractivity contribution in [1.82, 2.24) is 19.7 Å². The van der Waals surface area contributed by atoms with Gasteiger partial charge in [0, 0.05) is 47.1 Å². The third-order valence-electron chi connectivity index (χ3n) is 5.39. The molecule has 2 atom stereocenters. The van der Waals surface area contributed by atoms with Crippen LogP contribution in [0.3, 0.4) is 0 Å². The number of piperidine rings is 1. The third kappa shape index (κ3) is 2.88. The molecule has 4 rings (SSSR count). The van der Waals surface area contributed by atoms with Crippen LogP contribution in [0.25, 0.3) is 0 Å². The molecule has 1 aliphatic carbocycles. The summed E-state index contributed by atoms with van der Waals surface area (Å²) in [6.07, 6.45) is 4.84. The minimum absolute atomic E-state index is 0.221. The fourth-order valence-electron chi connectivity index (χ4n) is 3.85. The maximum absolute atomic E-state index is 12.8. The summed E-state index contributed by atoms with van der Waals surface area (Å²) in [6.45, 7) is 6.86. The molecule has 0 N–H and O–H groups in total. The highest BCUT2D eigenvalue weighted by Crippen LogP contribution is 2.50. The van der Waals surface area contributed by atoms with Gasteiger partial charge >= 0.3 is 0 Å². The van der Waals surface area contributed by atoms with Crippen LogP contribution in [0.4, 0.5) is 0 Å². The predicted molar refractivity (Wildman–Crippen MR) is 94.2 cm³/mol. The van der Waals surface area contributed by atoms with Crippen LogP contribution < -0.4 is 0 Å². The lowest BCUT2D eigenvalue weighted by atomic mass is 9.95. The summed E-state index contributed by atoms with van der Waals surface area (Å²) in [5, 5.41) is 8.33. The van der Waals surface area contributed by atoms with E-state index in [1.807, 2.05) is 17.7 Å². The lowest BCUT2D eigenvalue weighted by Gasteiger charge is -2.31. The van der Waals surface area contributed by atoms with E-state index < -0.39 is 0 Å².